The molecule has 3 heterocycles. The highest BCUT2D eigenvalue weighted by Crippen LogP contribution is 2.18. The zero-order valence-corrected chi connectivity index (χ0v) is 15.8. The fourth-order valence-electron chi connectivity index (χ4n) is 3.63. The number of aromatic nitrogens is 2. The van der Waals surface area contributed by atoms with Crippen LogP contribution in [0.4, 0.5) is 0 Å². The van der Waals surface area contributed by atoms with Crippen LogP contribution in [0.2, 0.25) is 0 Å². The Morgan fingerprint density at radius 1 is 1.11 bits per heavy atom. The number of fused-ring (bicyclic) bond motifs is 2. The fraction of sp³-hybridized carbons (Fsp3) is 0.333. The number of nitrogens with zero attached hydrogens (tertiary/aromatic N) is 3. The lowest BCUT2D eigenvalue weighted by Crippen LogP contribution is -2.32. The number of hydrogen-bond donors (Lipinski definition) is 1. The third-order valence-corrected chi connectivity index (χ3v) is 5.19. The van der Waals surface area contributed by atoms with Crippen molar-refractivity contribution < 1.29 is 4.74 Å². The van der Waals surface area contributed by atoms with Gasteiger partial charge in [-0.2, -0.15) is 4.98 Å². The predicted octanol–water partition coefficient (Wildman–Crippen LogP) is 1.12. The maximum atomic E-state index is 11.6. The molecule has 7 heteroatoms. The molecule has 0 atom stereocenters. The SMILES string of the molecule is [B]c1ccc2c(c1)CCN(CCCCOc1ccc3ccc(=O)n(N)c3n1)C2. The van der Waals surface area contributed by atoms with Gasteiger partial charge in [0.05, 0.1) is 6.61 Å². The highest BCUT2D eigenvalue weighted by molar-refractivity contribution is 6.32. The molecule has 0 unspecified atom stereocenters. The Balaban J connectivity index is 1.25. The summed E-state index contributed by atoms with van der Waals surface area (Å²) >= 11 is 0. The molecule has 2 radical (unpaired) electrons. The molecule has 0 spiro atoms. The van der Waals surface area contributed by atoms with Crippen LogP contribution in [0, 0.1) is 0 Å². The molecule has 0 saturated carbocycles. The first kappa shape index (κ1) is 18.6. The Morgan fingerprint density at radius 3 is 2.86 bits per heavy atom. The molecule has 0 bridgehead atoms. The molecule has 28 heavy (non-hydrogen) atoms. The Hall–Kier alpha value is -2.80. The number of benzene rings is 1. The Labute approximate surface area is 165 Å². The summed E-state index contributed by atoms with van der Waals surface area (Å²) in [5.41, 5.74) is 3.74. The predicted molar refractivity (Wildman–Crippen MR) is 112 cm³/mol. The zero-order chi connectivity index (χ0) is 19.5. The summed E-state index contributed by atoms with van der Waals surface area (Å²) in [6.07, 6.45) is 3.05. The van der Waals surface area contributed by atoms with Gasteiger partial charge in [-0.05, 0) is 49.1 Å². The normalized spacial score (nSPS) is 14.1. The van der Waals surface area contributed by atoms with E-state index in [1.54, 1.807) is 12.1 Å². The van der Waals surface area contributed by atoms with E-state index in [9.17, 15) is 4.79 Å². The second-order valence-electron chi connectivity index (χ2n) is 7.21. The number of nitrogens with two attached hydrogens (primary N) is 1. The lowest BCUT2D eigenvalue weighted by molar-refractivity contribution is 0.233. The van der Waals surface area contributed by atoms with Crippen molar-refractivity contribution in [2.75, 3.05) is 25.5 Å². The summed E-state index contributed by atoms with van der Waals surface area (Å²) in [5, 5.41) is 0.807. The van der Waals surface area contributed by atoms with Gasteiger partial charge in [0.25, 0.3) is 5.56 Å². The molecule has 2 N–H and O–H groups in total. The second-order valence-corrected chi connectivity index (χ2v) is 7.21. The van der Waals surface area contributed by atoms with Gasteiger partial charge in [-0.15, -0.1) is 0 Å². The van der Waals surface area contributed by atoms with Crippen LogP contribution < -0.4 is 21.6 Å². The van der Waals surface area contributed by atoms with Crippen LogP contribution in [0.15, 0.2) is 47.3 Å². The number of pyridine rings is 2. The van der Waals surface area contributed by atoms with Crippen molar-refractivity contribution in [3.05, 3.63) is 63.9 Å². The van der Waals surface area contributed by atoms with Crippen LogP contribution >= 0.6 is 0 Å². The first-order valence-electron chi connectivity index (χ1n) is 9.60. The van der Waals surface area contributed by atoms with E-state index >= 15 is 0 Å². The molecule has 0 fully saturated rings. The average Bonchev–Trinajstić information content (AvgIpc) is 2.71. The number of nitrogen functional groups attached to an aromatic ring is 1. The second kappa shape index (κ2) is 8.06. The van der Waals surface area contributed by atoms with Gasteiger partial charge in [0.1, 0.15) is 7.85 Å². The molecule has 1 aromatic carbocycles. The Kier molecular flexibility index (Phi) is 5.35. The van der Waals surface area contributed by atoms with Crippen LogP contribution in [0.3, 0.4) is 0 Å². The van der Waals surface area contributed by atoms with Gasteiger partial charge < -0.3 is 10.6 Å². The number of ether oxygens (including phenoxy) is 1. The maximum absolute atomic E-state index is 11.6. The highest BCUT2D eigenvalue weighted by atomic mass is 16.5. The number of rotatable bonds is 6. The molecule has 0 saturated heterocycles. The topological polar surface area (TPSA) is 73.4 Å². The van der Waals surface area contributed by atoms with Crippen LogP contribution in [0.1, 0.15) is 24.0 Å². The molecular weight excluding hydrogens is 351 g/mol. The van der Waals surface area contributed by atoms with E-state index in [2.05, 4.69) is 22.0 Å². The monoisotopic (exact) mass is 374 g/mol. The quantitative estimate of drug-likeness (QED) is 0.398. The van der Waals surface area contributed by atoms with Crippen molar-refractivity contribution >= 4 is 24.3 Å². The van der Waals surface area contributed by atoms with Crippen molar-refractivity contribution in [1.82, 2.24) is 14.6 Å². The van der Waals surface area contributed by atoms with E-state index in [0.29, 0.717) is 18.1 Å². The first-order chi connectivity index (χ1) is 13.6. The smallest absolute Gasteiger partial charge is 0.270 e. The summed E-state index contributed by atoms with van der Waals surface area (Å²) in [5.74, 6) is 6.25. The largest absolute Gasteiger partial charge is 0.478 e. The van der Waals surface area contributed by atoms with Crippen LogP contribution in [0.25, 0.3) is 11.0 Å². The molecule has 142 valence electrons. The summed E-state index contributed by atoms with van der Waals surface area (Å²) in [6.45, 7) is 3.68. The average molecular weight is 374 g/mol. The highest BCUT2D eigenvalue weighted by Gasteiger charge is 2.15. The van der Waals surface area contributed by atoms with E-state index in [-0.39, 0.29) is 5.56 Å². The first-order valence-corrected chi connectivity index (χ1v) is 9.60. The zero-order valence-electron chi connectivity index (χ0n) is 15.8. The van der Waals surface area contributed by atoms with E-state index in [0.717, 1.165) is 54.4 Å². The van der Waals surface area contributed by atoms with Crippen molar-refractivity contribution in [1.29, 1.82) is 0 Å². The van der Waals surface area contributed by atoms with Gasteiger partial charge in [-0.25, -0.2) is 4.68 Å². The van der Waals surface area contributed by atoms with Gasteiger partial charge in [0, 0.05) is 30.6 Å². The molecular formula is C21H23BN4O2. The minimum Gasteiger partial charge on any atom is -0.478 e. The number of unbranched alkanes of at least 4 members (excludes halogenated alkanes) is 1. The molecule has 1 aliphatic heterocycles. The van der Waals surface area contributed by atoms with Gasteiger partial charge in [0.15, 0.2) is 5.65 Å². The van der Waals surface area contributed by atoms with Crippen molar-refractivity contribution in [2.45, 2.75) is 25.8 Å². The summed E-state index contributed by atoms with van der Waals surface area (Å²) < 4.78 is 6.80. The van der Waals surface area contributed by atoms with Crippen LogP contribution in [-0.4, -0.2) is 42.1 Å². The lowest BCUT2D eigenvalue weighted by atomic mass is 9.89. The number of hydrogen-bond acceptors (Lipinski definition) is 5. The minimum atomic E-state index is -0.289. The molecule has 3 aromatic rings. The molecule has 1 aliphatic rings. The molecule has 4 rings (SSSR count). The Bertz CT molecular complexity index is 1050. The van der Waals surface area contributed by atoms with E-state index in [4.69, 9.17) is 18.4 Å². The maximum Gasteiger partial charge on any atom is 0.270 e. The van der Waals surface area contributed by atoms with Gasteiger partial charge in [0.2, 0.25) is 5.88 Å². The van der Waals surface area contributed by atoms with Gasteiger partial charge in [-0.1, -0.05) is 23.7 Å². The van der Waals surface area contributed by atoms with Crippen molar-refractivity contribution in [3.63, 3.8) is 0 Å². The lowest BCUT2D eigenvalue weighted by Gasteiger charge is -2.29. The van der Waals surface area contributed by atoms with E-state index < -0.39 is 0 Å². The third kappa shape index (κ3) is 4.04. The summed E-state index contributed by atoms with van der Waals surface area (Å²) in [6, 6.07) is 13.0. The Morgan fingerprint density at radius 2 is 1.96 bits per heavy atom. The van der Waals surface area contributed by atoms with Gasteiger partial charge >= 0.3 is 0 Å². The third-order valence-electron chi connectivity index (χ3n) is 5.19. The fourth-order valence-corrected chi connectivity index (χ4v) is 3.63. The van der Waals surface area contributed by atoms with Crippen LogP contribution in [-0.2, 0) is 13.0 Å². The molecule has 6 nitrogen and oxygen atoms in total. The molecule has 0 amide bonds. The van der Waals surface area contributed by atoms with Crippen molar-refractivity contribution in [3.8, 4) is 5.88 Å². The summed E-state index contributed by atoms with van der Waals surface area (Å²) in [7, 11) is 5.87. The standard InChI is InChI=1S/C21H23BN4O2/c22-18-6-3-17-14-25(11-9-16(17)13-18)10-1-2-12-28-19-7-4-15-5-8-20(27)26(23)21(15)24-19/h3-8,13H,1-2,9-12,14,23H2. The molecule has 0 aliphatic carbocycles. The van der Waals surface area contributed by atoms with E-state index in [1.165, 1.54) is 17.2 Å². The summed E-state index contributed by atoms with van der Waals surface area (Å²) in [4.78, 5) is 18.5. The molecule has 2 aromatic heterocycles. The van der Waals surface area contributed by atoms with E-state index in [1.807, 2.05) is 12.1 Å². The van der Waals surface area contributed by atoms with Crippen LogP contribution in [0.5, 0.6) is 5.88 Å². The minimum absolute atomic E-state index is 0.289. The van der Waals surface area contributed by atoms with Gasteiger partial charge in [-0.3, -0.25) is 9.69 Å². The van der Waals surface area contributed by atoms with Crippen molar-refractivity contribution in [2.24, 2.45) is 0 Å².